The molecule has 0 aliphatic heterocycles. The molecule has 16 heavy (non-hydrogen) atoms. The molecular weight excluding hydrogens is 194 g/mol. The van der Waals surface area contributed by atoms with Gasteiger partial charge in [0.2, 0.25) is 0 Å². The zero-order valence-electron chi connectivity index (χ0n) is 9.73. The lowest BCUT2D eigenvalue weighted by Crippen LogP contribution is -2.20. The molecule has 0 aromatic heterocycles. The average molecular weight is 213 g/mol. The third-order valence-electron chi connectivity index (χ3n) is 4.02. The van der Waals surface area contributed by atoms with Crippen molar-refractivity contribution >= 4 is 0 Å². The van der Waals surface area contributed by atoms with Crippen LogP contribution in [0.15, 0.2) is 36.5 Å². The quantitative estimate of drug-likeness (QED) is 0.636. The fourth-order valence-corrected chi connectivity index (χ4v) is 2.88. The summed E-state index contributed by atoms with van der Waals surface area (Å²) in [6, 6.07) is 2.20. The maximum Gasteiger partial charge on any atom is 0.0988 e. The maximum absolute atomic E-state index is 8.77. The van der Waals surface area contributed by atoms with Crippen molar-refractivity contribution in [3.63, 3.8) is 0 Å². The van der Waals surface area contributed by atoms with Gasteiger partial charge in [-0.3, -0.25) is 0 Å². The van der Waals surface area contributed by atoms with E-state index >= 15 is 0 Å². The minimum atomic E-state index is 0.669. The van der Waals surface area contributed by atoms with Crippen LogP contribution in [0.2, 0.25) is 0 Å². The highest BCUT2D eigenvalue weighted by molar-refractivity contribution is 5.35. The molecule has 0 bridgehead atoms. The summed E-state index contributed by atoms with van der Waals surface area (Å²) in [5.74, 6) is 2.24. The summed E-state index contributed by atoms with van der Waals surface area (Å²) >= 11 is 0. The Morgan fingerprint density at radius 1 is 1.31 bits per heavy atom. The fraction of sp³-hybridized carbons (Fsp3) is 0.533. The average Bonchev–Trinajstić information content (AvgIpc) is 2.39. The number of nitrogens with zero attached hydrogens (tertiary/aromatic N) is 1. The topological polar surface area (TPSA) is 23.8 Å². The maximum atomic E-state index is 8.77. The lowest BCUT2D eigenvalue weighted by molar-refractivity contribution is 0.254. The van der Waals surface area contributed by atoms with E-state index in [0.29, 0.717) is 5.92 Å². The molecule has 2 rings (SSSR count). The number of nitriles is 1. The Morgan fingerprint density at radius 2 is 2.06 bits per heavy atom. The second kappa shape index (κ2) is 5.16. The zero-order valence-corrected chi connectivity index (χ0v) is 9.73. The van der Waals surface area contributed by atoms with Crippen LogP contribution < -0.4 is 0 Å². The Hall–Kier alpha value is -1.29. The van der Waals surface area contributed by atoms with Gasteiger partial charge in [0, 0.05) is 5.57 Å². The molecule has 1 heteroatoms. The Morgan fingerprint density at radius 3 is 2.56 bits per heavy atom. The van der Waals surface area contributed by atoms with E-state index in [-0.39, 0.29) is 0 Å². The van der Waals surface area contributed by atoms with E-state index in [4.69, 9.17) is 5.26 Å². The van der Waals surface area contributed by atoms with Gasteiger partial charge in [-0.05, 0) is 55.9 Å². The first-order valence-corrected chi connectivity index (χ1v) is 6.24. The first kappa shape index (κ1) is 11.2. The van der Waals surface area contributed by atoms with Crippen LogP contribution >= 0.6 is 0 Å². The van der Waals surface area contributed by atoms with Crippen molar-refractivity contribution in [2.75, 3.05) is 0 Å². The van der Waals surface area contributed by atoms with Crippen LogP contribution in [0, 0.1) is 29.1 Å². The molecule has 1 nitrogen and oxygen atoms in total. The second-order valence-electron chi connectivity index (χ2n) is 4.94. The van der Waals surface area contributed by atoms with Gasteiger partial charge < -0.3 is 0 Å². The molecule has 0 amide bonds. The van der Waals surface area contributed by atoms with Crippen LogP contribution in [-0.4, -0.2) is 0 Å². The van der Waals surface area contributed by atoms with Crippen molar-refractivity contribution in [3.05, 3.63) is 36.5 Å². The van der Waals surface area contributed by atoms with Gasteiger partial charge in [0.1, 0.15) is 0 Å². The highest BCUT2D eigenvalue weighted by Crippen LogP contribution is 2.37. The van der Waals surface area contributed by atoms with Crippen LogP contribution in [-0.2, 0) is 0 Å². The molecule has 84 valence electrons. The number of hydrogen-bond acceptors (Lipinski definition) is 1. The van der Waals surface area contributed by atoms with E-state index in [0.717, 1.165) is 23.8 Å². The second-order valence-corrected chi connectivity index (χ2v) is 4.94. The van der Waals surface area contributed by atoms with Gasteiger partial charge in [-0.15, -0.1) is 6.58 Å². The number of hydrogen-bond donors (Lipinski definition) is 0. The van der Waals surface area contributed by atoms with Crippen molar-refractivity contribution in [3.8, 4) is 6.07 Å². The van der Waals surface area contributed by atoms with Crippen molar-refractivity contribution in [2.24, 2.45) is 17.8 Å². The Kier molecular flexibility index (Phi) is 3.62. The molecule has 0 aromatic rings. The van der Waals surface area contributed by atoms with E-state index in [1.807, 2.05) is 6.08 Å². The Bertz CT molecular complexity index is 348. The van der Waals surface area contributed by atoms with Gasteiger partial charge in [-0.25, -0.2) is 0 Å². The molecule has 2 aliphatic rings. The molecule has 0 aromatic carbocycles. The van der Waals surface area contributed by atoms with Gasteiger partial charge in [-0.2, -0.15) is 5.26 Å². The van der Waals surface area contributed by atoms with Crippen molar-refractivity contribution in [1.29, 1.82) is 5.26 Å². The predicted molar refractivity (Wildman–Crippen MR) is 66.6 cm³/mol. The Balaban J connectivity index is 1.88. The molecule has 1 saturated carbocycles. The zero-order chi connectivity index (χ0) is 11.4. The van der Waals surface area contributed by atoms with Gasteiger partial charge in [0.25, 0.3) is 0 Å². The molecule has 1 fully saturated rings. The highest BCUT2D eigenvalue weighted by atomic mass is 14.3. The molecule has 0 N–H and O–H groups in total. The van der Waals surface area contributed by atoms with E-state index in [1.54, 1.807) is 0 Å². The summed E-state index contributed by atoms with van der Waals surface area (Å²) in [6.07, 6.45) is 14.7. The van der Waals surface area contributed by atoms with Crippen LogP contribution in [0.5, 0.6) is 0 Å². The summed E-state index contributed by atoms with van der Waals surface area (Å²) in [5.41, 5.74) is 0.830. The first-order valence-electron chi connectivity index (χ1n) is 6.24. The normalized spacial score (nSPS) is 33.9. The van der Waals surface area contributed by atoms with Gasteiger partial charge in [-0.1, -0.05) is 18.2 Å². The minimum Gasteiger partial charge on any atom is -0.192 e. The molecule has 1 atom stereocenters. The number of rotatable bonds is 2. The van der Waals surface area contributed by atoms with Gasteiger partial charge >= 0.3 is 0 Å². The summed E-state index contributed by atoms with van der Waals surface area (Å²) in [4.78, 5) is 0. The third-order valence-corrected chi connectivity index (χ3v) is 4.02. The lowest BCUT2D eigenvalue weighted by Gasteiger charge is -2.32. The number of allylic oxidation sites excluding steroid dienone is 5. The van der Waals surface area contributed by atoms with Crippen LogP contribution in [0.4, 0.5) is 0 Å². The molecule has 1 unspecified atom stereocenters. The Labute approximate surface area is 98.2 Å². The summed E-state index contributed by atoms with van der Waals surface area (Å²) < 4.78 is 0. The fourth-order valence-electron chi connectivity index (χ4n) is 2.88. The molecule has 0 spiro atoms. The standard InChI is InChI=1S/C15H19N/c1-2-12-3-7-14(8-4-12)15-9-5-13(11-16)6-10-15/h2,5-6,9,12,14-15H,1,3-4,7-8,10H2. The predicted octanol–water partition coefficient (Wildman–Crippen LogP) is 4.00. The summed E-state index contributed by atoms with van der Waals surface area (Å²) in [7, 11) is 0. The van der Waals surface area contributed by atoms with E-state index < -0.39 is 0 Å². The van der Waals surface area contributed by atoms with E-state index in [9.17, 15) is 0 Å². The van der Waals surface area contributed by atoms with Crippen LogP contribution in [0.3, 0.4) is 0 Å². The first-order chi connectivity index (χ1) is 7.83. The van der Waals surface area contributed by atoms with Gasteiger partial charge in [0.15, 0.2) is 0 Å². The molecule has 0 heterocycles. The monoisotopic (exact) mass is 213 g/mol. The third kappa shape index (κ3) is 2.44. The molecule has 0 saturated heterocycles. The lowest BCUT2D eigenvalue weighted by atomic mass is 9.73. The van der Waals surface area contributed by atoms with E-state index in [1.165, 1.54) is 25.7 Å². The largest absolute Gasteiger partial charge is 0.192 e. The minimum absolute atomic E-state index is 0.669. The summed E-state index contributed by atoms with van der Waals surface area (Å²) in [6.45, 7) is 3.88. The molecular formula is C15H19N. The van der Waals surface area contributed by atoms with Crippen molar-refractivity contribution in [2.45, 2.75) is 32.1 Å². The van der Waals surface area contributed by atoms with Crippen molar-refractivity contribution < 1.29 is 0 Å². The van der Waals surface area contributed by atoms with Crippen molar-refractivity contribution in [1.82, 2.24) is 0 Å². The molecule has 2 aliphatic carbocycles. The van der Waals surface area contributed by atoms with Crippen LogP contribution in [0.25, 0.3) is 0 Å². The highest BCUT2D eigenvalue weighted by Gasteiger charge is 2.25. The summed E-state index contributed by atoms with van der Waals surface area (Å²) in [5, 5.41) is 8.77. The SMILES string of the molecule is C=CC1CCC(C2C=CC(C#N)=CC2)CC1. The van der Waals surface area contributed by atoms with Crippen LogP contribution in [0.1, 0.15) is 32.1 Å². The van der Waals surface area contributed by atoms with Gasteiger partial charge in [0.05, 0.1) is 6.07 Å². The smallest absolute Gasteiger partial charge is 0.0988 e. The van der Waals surface area contributed by atoms with E-state index in [2.05, 4.69) is 30.9 Å². The molecule has 0 radical (unpaired) electrons.